The van der Waals surface area contributed by atoms with Crippen LogP contribution in [0.2, 0.25) is 0 Å². The molecule has 33 heavy (non-hydrogen) atoms. The molecule has 1 aromatic heterocycles. The molecule has 2 aliphatic heterocycles. The Hall–Kier alpha value is -2.42. The molecule has 2 aromatic rings. The summed E-state index contributed by atoms with van der Waals surface area (Å²) in [5.41, 5.74) is 1.96. The van der Waals surface area contributed by atoms with E-state index < -0.39 is 12.2 Å². The normalized spacial score (nSPS) is 20.3. The quantitative estimate of drug-likeness (QED) is 0.603. The minimum Gasteiger partial charge on any atom is -0.493 e. The van der Waals surface area contributed by atoms with E-state index in [4.69, 9.17) is 9.47 Å². The van der Waals surface area contributed by atoms with Gasteiger partial charge in [0.15, 0.2) is 17.5 Å². The van der Waals surface area contributed by atoms with Crippen LogP contribution in [0.1, 0.15) is 63.3 Å². The predicted molar refractivity (Wildman–Crippen MR) is 125 cm³/mol. The Morgan fingerprint density at radius 3 is 2.24 bits per heavy atom. The number of aryl methyl sites for hydroxylation is 1. The maximum absolute atomic E-state index is 13.1. The number of methoxy groups -OCH3 is 2. The Kier molecular flexibility index (Phi) is 9.88. The van der Waals surface area contributed by atoms with E-state index in [0.717, 1.165) is 47.8 Å². The molecule has 0 spiro atoms. The second-order valence-corrected chi connectivity index (χ2v) is 8.12. The van der Waals surface area contributed by atoms with Crippen LogP contribution in [0, 0.1) is 6.92 Å². The molecule has 0 aliphatic carbocycles. The summed E-state index contributed by atoms with van der Waals surface area (Å²) in [6.45, 7) is 9.60. The first kappa shape index (κ1) is 26.8. The van der Waals surface area contributed by atoms with Crippen LogP contribution in [0.5, 0.6) is 11.5 Å². The van der Waals surface area contributed by atoms with E-state index in [1.807, 2.05) is 39.0 Å². The number of benzene rings is 1. The first-order valence-corrected chi connectivity index (χ1v) is 11.5. The van der Waals surface area contributed by atoms with Gasteiger partial charge in [0, 0.05) is 18.0 Å². The standard InChI is InChI=1S/C13H19F3N4.C9H12O2.C2H6/c1-8-6-11(13(14,15)16)20-12(18-8)7-10(19-20)9-2-4-17-5-3-9;1-7-4-5-8(10-2)9(6-7)11-3;1-2/h7-9,11,17-18H,2-6H2,1H3;4-6H,1-3H3;1-2H3. The van der Waals surface area contributed by atoms with Crippen LogP contribution in [0.25, 0.3) is 0 Å². The lowest BCUT2D eigenvalue weighted by Gasteiger charge is -2.31. The van der Waals surface area contributed by atoms with Gasteiger partial charge in [0.05, 0.1) is 19.9 Å². The predicted octanol–water partition coefficient (Wildman–Crippen LogP) is 5.70. The average Bonchev–Trinajstić information content (AvgIpc) is 3.24. The number of alkyl halides is 3. The number of piperidine rings is 1. The summed E-state index contributed by atoms with van der Waals surface area (Å²) >= 11 is 0. The van der Waals surface area contributed by atoms with Crippen molar-refractivity contribution in [2.45, 2.75) is 71.1 Å². The molecule has 9 heteroatoms. The summed E-state index contributed by atoms with van der Waals surface area (Å²) in [7, 11) is 3.27. The first-order valence-electron chi connectivity index (χ1n) is 11.5. The second-order valence-electron chi connectivity index (χ2n) is 8.12. The maximum atomic E-state index is 13.1. The number of nitrogens with zero attached hydrogens (tertiary/aromatic N) is 2. The number of anilines is 1. The molecule has 1 fully saturated rings. The van der Waals surface area contributed by atoms with Gasteiger partial charge in [-0.2, -0.15) is 18.3 Å². The molecule has 3 heterocycles. The van der Waals surface area contributed by atoms with Crippen LogP contribution in [0.3, 0.4) is 0 Å². The number of fused-ring (bicyclic) bond motifs is 1. The summed E-state index contributed by atoms with van der Waals surface area (Å²) in [4.78, 5) is 0. The average molecular weight is 471 g/mol. The number of hydrogen-bond acceptors (Lipinski definition) is 5. The van der Waals surface area contributed by atoms with Gasteiger partial charge < -0.3 is 20.1 Å². The highest BCUT2D eigenvalue weighted by Gasteiger charge is 2.45. The minimum absolute atomic E-state index is 0.0316. The van der Waals surface area contributed by atoms with Crippen molar-refractivity contribution in [3.05, 3.63) is 35.5 Å². The molecule has 1 aromatic carbocycles. The number of ether oxygens (including phenoxy) is 2. The smallest absolute Gasteiger partial charge is 0.410 e. The van der Waals surface area contributed by atoms with E-state index in [0.29, 0.717) is 5.82 Å². The summed E-state index contributed by atoms with van der Waals surface area (Å²) in [6.07, 6.45) is -2.35. The Morgan fingerprint density at radius 2 is 1.67 bits per heavy atom. The molecule has 6 nitrogen and oxygen atoms in total. The van der Waals surface area contributed by atoms with Crippen LogP contribution in [0.15, 0.2) is 24.3 Å². The molecule has 2 unspecified atom stereocenters. The lowest BCUT2D eigenvalue weighted by atomic mass is 9.95. The van der Waals surface area contributed by atoms with Gasteiger partial charge in [0.25, 0.3) is 0 Å². The van der Waals surface area contributed by atoms with E-state index in [2.05, 4.69) is 15.7 Å². The van der Waals surface area contributed by atoms with Gasteiger partial charge in [-0.25, -0.2) is 4.68 Å². The fraction of sp³-hybridized carbons (Fsp3) is 0.625. The van der Waals surface area contributed by atoms with Gasteiger partial charge in [-0.15, -0.1) is 0 Å². The van der Waals surface area contributed by atoms with Crippen LogP contribution in [0.4, 0.5) is 19.0 Å². The summed E-state index contributed by atoms with van der Waals surface area (Å²) in [5.74, 6) is 2.32. The molecule has 186 valence electrons. The van der Waals surface area contributed by atoms with Crippen LogP contribution in [-0.4, -0.2) is 49.3 Å². The number of halogens is 3. The molecule has 2 aliphatic rings. The highest BCUT2D eigenvalue weighted by atomic mass is 19.4. The number of aromatic nitrogens is 2. The first-order chi connectivity index (χ1) is 15.7. The topological polar surface area (TPSA) is 60.3 Å². The number of nitrogens with one attached hydrogen (secondary N) is 2. The van der Waals surface area contributed by atoms with Crippen LogP contribution in [-0.2, 0) is 0 Å². The molecule has 0 radical (unpaired) electrons. The fourth-order valence-corrected chi connectivity index (χ4v) is 4.04. The summed E-state index contributed by atoms with van der Waals surface area (Å²) in [6, 6.07) is 5.93. The Labute approximate surface area is 194 Å². The van der Waals surface area contributed by atoms with E-state index in [1.54, 1.807) is 27.2 Å². The molecule has 2 atom stereocenters. The van der Waals surface area contributed by atoms with Gasteiger partial charge in [-0.05, 0) is 63.9 Å². The molecule has 0 amide bonds. The Morgan fingerprint density at radius 1 is 1.03 bits per heavy atom. The van der Waals surface area contributed by atoms with Crippen molar-refractivity contribution in [1.82, 2.24) is 15.1 Å². The third-order valence-electron chi connectivity index (χ3n) is 5.70. The largest absolute Gasteiger partial charge is 0.493 e. The zero-order valence-electron chi connectivity index (χ0n) is 20.4. The fourth-order valence-electron chi connectivity index (χ4n) is 4.04. The maximum Gasteiger partial charge on any atom is 0.410 e. The molecular weight excluding hydrogens is 433 g/mol. The van der Waals surface area contributed by atoms with E-state index in [-0.39, 0.29) is 18.4 Å². The molecule has 0 saturated carbocycles. The molecule has 1 saturated heterocycles. The third-order valence-corrected chi connectivity index (χ3v) is 5.70. The van der Waals surface area contributed by atoms with E-state index >= 15 is 0 Å². The number of rotatable bonds is 3. The lowest BCUT2D eigenvalue weighted by Crippen LogP contribution is -2.37. The monoisotopic (exact) mass is 470 g/mol. The van der Waals surface area contributed by atoms with Crippen LogP contribution >= 0.6 is 0 Å². The van der Waals surface area contributed by atoms with Gasteiger partial charge >= 0.3 is 6.18 Å². The molecule has 0 bridgehead atoms. The highest BCUT2D eigenvalue weighted by Crippen LogP contribution is 2.40. The van der Waals surface area contributed by atoms with Gasteiger partial charge in [0.2, 0.25) is 0 Å². The van der Waals surface area contributed by atoms with Crippen molar-refractivity contribution < 1.29 is 22.6 Å². The van der Waals surface area contributed by atoms with Gasteiger partial charge in [-0.1, -0.05) is 19.9 Å². The van der Waals surface area contributed by atoms with Gasteiger partial charge in [0.1, 0.15) is 5.82 Å². The summed E-state index contributed by atoms with van der Waals surface area (Å²) in [5, 5.41) is 10.6. The SMILES string of the molecule is CC.CC1CC(C(F)(F)F)n2nc(C3CCNCC3)cc2N1.COc1ccc(C)cc1OC. The van der Waals surface area contributed by atoms with Crippen molar-refractivity contribution in [2.24, 2.45) is 0 Å². The third kappa shape index (κ3) is 7.03. The molecule has 4 rings (SSSR count). The van der Waals surface area contributed by atoms with Crippen molar-refractivity contribution in [3.8, 4) is 11.5 Å². The zero-order chi connectivity index (χ0) is 24.6. The highest BCUT2D eigenvalue weighted by molar-refractivity contribution is 5.43. The Balaban J connectivity index is 0.000000252. The van der Waals surface area contributed by atoms with Crippen LogP contribution < -0.4 is 20.1 Å². The second kappa shape index (κ2) is 12.2. The van der Waals surface area contributed by atoms with E-state index in [1.165, 1.54) is 5.56 Å². The van der Waals surface area contributed by atoms with Crippen molar-refractivity contribution in [3.63, 3.8) is 0 Å². The zero-order valence-corrected chi connectivity index (χ0v) is 20.4. The van der Waals surface area contributed by atoms with Crippen molar-refractivity contribution >= 4 is 5.82 Å². The van der Waals surface area contributed by atoms with Crippen molar-refractivity contribution in [1.29, 1.82) is 0 Å². The molecular formula is C24H37F3N4O2. The minimum atomic E-state index is -4.25. The number of hydrogen-bond donors (Lipinski definition) is 2. The lowest BCUT2D eigenvalue weighted by molar-refractivity contribution is -0.173. The Bertz CT molecular complexity index is 864. The van der Waals surface area contributed by atoms with Crippen molar-refractivity contribution in [2.75, 3.05) is 32.6 Å². The summed E-state index contributed by atoms with van der Waals surface area (Å²) < 4.78 is 50.7. The van der Waals surface area contributed by atoms with Gasteiger partial charge in [-0.3, -0.25) is 0 Å². The molecule has 2 N–H and O–H groups in total. The van der Waals surface area contributed by atoms with E-state index in [9.17, 15) is 13.2 Å².